The van der Waals surface area contributed by atoms with Gasteiger partial charge in [-0.3, -0.25) is 0 Å². The zero-order chi connectivity index (χ0) is 11.4. The highest BCUT2D eigenvalue weighted by Crippen LogP contribution is 2.28. The zero-order valence-electron chi connectivity index (χ0n) is 9.50. The van der Waals surface area contributed by atoms with Crippen LogP contribution in [0, 0.1) is 0 Å². The Morgan fingerprint density at radius 3 is 2.62 bits per heavy atom. The fourth-order valence-electron chi connectivity index (χ4n) is 1.41. The SMILES string of the molecule is C=C(C)C[C@H](N)c1ccc(OC)c(Br)c1.Cl. The lowest BCUT2D eigenvalue weighted by Crippen LogP contribution is -2.10. The van der Waals surface area contributed by atoms with Gasteiger partial charge < -0.3 is 10.5 Å². The van der Waals surface area contributed by atoms with E-state index in [9.17, 15) is 0 Å². The van der Waals surface area contributed by atoms with E-state index in [0.717, 1.165) is 27.8 Å². The topological polar surface area (TPSA) is 35.2 Å². The van der Waals surface area contributed by atoms with Crippen molar-refractivity contribution in [3.63, 3.8) is 0 Å². The predicted octanol–water partition coefficient (Wildman–Crippen LogP) is 3.85. The maximum Gasteiger partial charge on any atom is 0.133 e. The minimum Gasteiger partial charge on any atom is -0.496 e. The molecule has 0 heterocycles. The van der Waals surface area contributed by atoms with Gasteiger partial charge in [0.05, 0.1) is 11.6 Å². The highest BCUT2D eigenvalue weighted by atomic mass is 79.9. The molecule has 0 aromatic heterocycles. The molecular formula is C12H17BrClNO. The monoisotopic (exact) mass is 305 g/mol. The Hall–Kier alpha value is -0.510. The zero-order valence-corrected chi connectivity index (χ0v) is 11.9. The maximum atomic E-state index is 6.03. The van der Waals surface area contributed by atoms with Crippen LogP contribution in [-0.2, 0) is 0 Å². The van der Waals surface area contributed by atoms with Crippen LogP contribution in [0.3, 0.4) is 0 Å². The third-order valence-corrected chi connectivity index (χ3v) is 2.79. The van der Waals surface area contributed by atoms with Gasteiger partial charge in [0.15, 0.2) is 0 Å². The van der Waals surface area contributed by atoms with Crippen molar-refractivity contribution in [1.29, 1.82) is 0 Å². The van der Waals surface area contributed by atoms with E-state index >= 15 is 0 Å². The van der Waals surface area contributed by atoms with Crippen LogP contribution < -0.4 is 10.5 Å². The van der Waals surface area contributed by atoms with Gasteiger partial charge in [-0.2, -0.15) is 0 Å². The van der Waals surface area contributed by atoms with Gasteiger partial charge >= 0.3 is 0 Å². The van der Waals surface area contributed by atoms with E-state index in [4.69, 9.17) is 10.5 Å². The van der Waals surface area contributed by atoms with Crippen LogP contribution in [0.15, 0.2) is 34.8 Å². The molecule has 0 saturated carbocycles. The summed E-state index contributed by atoms with van der Waals surface area (Å²) in [6, 6.07) is 5.89. The lowest BCUT2D eigenvalue weighted by Gasteiger charge is -2.13. The first-order chi connectivity index (χ1) is 7.04. The molecule has 0 saturated heterocycles. The highest BCUT2D eigenvalue weighted by molar-refractivity contribution is 9.10. The van der Waals surface area contributed by atoms with Gasteiger partial charge in [-0.1, -0.05) is 11.6 Å². The predicted molar refractivity (Wildman–Crippen MR) is 74.3 cm³/mol. The van der Waals surface area contributed by atoms with Crippen molar-refractivity contribution in [3.05, 3.63) is 40.4 Å². The maximum absolute atomic E-state index is 6.03. The molecule has 0 aliphatic carbocycles. The summed E-state index contributed by atoms with van der Waals surface area (Å²) in [5, 5.41) is 0. The van der Waals surface area contributed by atoms with Crippen LogP contribution in [0.25, 0.3) is 0 Å². The average molecular weight is 307 g/mol. The van der Waals surface area contributed by atoms with Gasteiger partial charge in [-0.25, -0.2) is 0 Å². The average Bonchev–Trinajstić information content (AvgIpc) is 2.16. The Kier molecular flexibility index (Phi) is 6.72. The summed E-state index contributed by atoms with van der Waals surface area (Å²) in [6.07, 6.45) is 0.804. The summed E-state index contributed by atoms with van der Waals surface area (Å²) in [7, 11) is 1.65. The Balaban J connectivity index is 0.00000225. The molecule has 0 aliphatic heterocycles. The van der Waals surface area contributed by atoms with E-state index in [2.05, 4.69) is 22.5 Å². The normalized spacial score (nSPS) is 11.5. The van der Waals surface area contributed by atoms with E-state index in [0.29, 0.717) is 0 Å². The number of benzene rings is 1. The van der Waals surface area contributed by atoms with E-state index < -0.39 is 0 Å². The number of methoxy groups -OCH3 is 1. The lowest BCUT2D eigenvalue weighted by molar-refractivity contribution is 0.412. The van der Waals surface area contributed by atoms with Gasteiger partial charge in [0.25, 0.3) is 0 Å². The first kappa shape index (κ1) is 15.5. The van der Waals surface area contributed by atoms with Crippen LogP contribution in [0.5, 0.6) is 5.75 Å². The molecule has 1 atom stereocenters. The van der Waals surface area contributed by atoms with Crippen molar-refractivity contribution >= 4 is 28.3 Å². The molecule has 1 rings (SSSR count). The van der Waals surface area contributed by atoms with Crippen molar-refractivity contribution in [2.45, 2.75) is 19.4 Å². The van der Waals surface area contributed by atoms with Crippen LogP contribution in [0.1, 0.15) is 24.9 Å². The molecule has 0 unspecified atom stereocenters. The number of rotatable bonds is 4. The third-order valence-electron chi connectivity index (χ3n) is 2.17. The fraction of sp³-hybridized carbons (Fsp3) is 0.333. The van der Waals surface area contributed by atoms with Crippen molar-refractivity contribution in [2.24, 2.45) is 5.73 Å². The van der Waals surface area contributed by atoms with E-state index in [1.807, 2.05) is 25.1 Å². The minimum absolute atomic E-state index is 0. The number of ether oxygens (including phenoxy) is 1. The Morgan fingerprint density at radius 1 is 1.56 bits per heavy atom. The summed E-state index contributed by atoms with van der Waals surface area (Å²) in [5.74, 6) is 0.821. The second-order valence-corrected chi connectivity index (χ2v) is 4.52. The third kappa shape index (κ3) is 4.16. The van der Waals surface area contributed by atoms with Crippen LogP contribution >= 0.6 is 28.3 Å². The molecule has 0 radical (unpaired) electrons. The van der Waals surface area contributed by atoms with Crippen LogP contribution in [0.4, 0.5) is 0 Å². The Bertz CT molecular complexity index is 368. The molecule has 4 heteroatoms. The van der Waals surface area contributed by atoms with Crippen molar-refractivity contribution in [1.82, 2.24) is 0 Å². The summed E-state index contributed by atoms with van der Waals surface area (Å²) in [6.45, 7) is 5.84. The molecule has 90 valence electrons. The highest BCUT2D eigenvalue weighted by Gasteiger charge is 2.08. The number of halogens is 2. The number of nitrogens with two attached hydrogens (primary N) is 1. The minimum atomic E-state index is 0. The standard InChI is InChI=1S/C12H16BrNO.ClH/c1-8(2)6-11(14)9-4-5-12(15-3)10(13)7-9;/h4-5,7,11H,1,6,14H2,2-3H3;1H/t11-;/m0./s1. The molecule has 16 heavy (non-hydrogen) atoms. The van der Waals surface area contributed by atoms with E-state index in [-0.39, 0.29) is 18.4 Å². The van der Waals surface area contributed by atoms with Gasteiger partial charge in [0, 0.05) is 6.04 Å². The molecule has 0 spiro atoms. The largest absolute Gasteiger partial charge is 0.496 e. The fourth-order valence-corrected chi connectivity index (χ4v) is 1.96. The quantitative estimate of drug-likeness (QED) is 0.858. The van der Waals surface area contributed by atoms with Crippen LogP contribution in [0.2, 0.25) is 0 Å². The first-order valence-corrected chi connectivity index (χ1v) is 5.57. The molecule has 2 nitrogen and oxygen atoms in total. The summed E-state index contributed by atoms with van der Waals surface area (Å²) in [4.78, 5) is 0. The summed E-state index contributed by atoms with van der Waals surface area (Å²) < 4.78 is 6.09. The molecule has 2 N–H and O–H groups in total. The van der Waals surface area contributed by atoms with Gasteiger partial charge in [0.2, 0.25) is 0 Å². The van der Waals surface area contributed by atoms with Gasteiger partial charge in [-0.05, 0) is 47.0 Å². The second-order valence-electron chi connectivity index (χ2n) is 3.66. The Morgan fingerprint density at radius 2 is 2.19 bits per heavy atom. The van der Waals surface area contributed by atoms with E-state index in [1.165, 1.54) is 0 Å². The summed E-state index contributed by atoms with van der Waals surface area (Å²) >= 11 is 3.44. The van der Waals surface area contributed by atoms with Crippen molar-refractivity contribution in [3.8, 4) is 5.75 Å². The molecule has 0 amide bonds. The molecule has 0 fully saturated rings. The molecule has 0 bridgehead atoms. The Labute approximate surface area is 111 Å². The molecular weight excluding hydrogens is 289 g/mol. The smallest absolute Gasteiger partial charge is 0.133 e. The number of hydrogen-bond acceptors (Lipinski definition) is 2. The number of hydrogen-bond donors (Lipinski definition) is 1. The van der Waals surface area contributed by atoms with Crippen molar-refractivity contribution < 1.29 is 4.74 Å². The molecule has 0 aliphatic rings. The van der Waals surface area contributed by atoms with Crippen molar-refractivity contribution in [2.75, 3.05) is 7.11 Å². The molecule has 1 aromatic carbocycles. The first-order valence-electron chi connectivity index (χ1n) is 4.78. The van der Waals surface area contributed by atoms with E-state index in [1.54, 1.807) is 7.11 Å². The van der Waals surface area contributed by atoms with Gasteiger partial charge in [0.1, 0.15) is 5.75 Å². The van der Waals surface area contributed by atoms with Crippen LogP contribution in [-0.4, -0.2) is 7.11 Å². The second kappa shape index (κ2) is 6.94. The molecule has 1 aromatic rings. The lowest BCUT2D eigenvalue weighted by atomic mass is 10.0. The summed E-state index contributed by atoms with van der Waals surface area (Å²) in [5.41, 5.74) is 8.21. The van der Waals surface area contributed by atoms with Gasteiger partial charge in [-0.15, -0.1) is 19.0 Å².